The summed E-state index contributed by atoms with van der Waals surface area (Å²) in [5.74, 6) is 1.29. The summed E-state index contributed by atoms with van der Waals surface area (Å²) in [6.45, 7) is 3.06. The second kappa shape index (κ2) is 6.43. The number of thioether (sulfide) groups is 1. The quantitative estimate of drug-likeness (QED) is 0.830. The van der Waals surface area contributed by atoms with Gasteiger partial charge in [0, 0.05) is 23.0 Å². The van der Waals surface area contributed by atoms with Crippen LogP contribution in [-0.2, 0) is 0 Å². The van der Waals surface area contributed by atoms with E-state index in [1.807, 2.05) is 0 Å². The first-order valence-corrected chi connectivity index (χ1v) is 7.88. The molecule has 0 bridgehead atoms. The van der Waals surface area contributed by atoms with Crippen molar-refractivity contribution >= 4 is 34.7 Å². The lowest BCUT2D eigenvalue weighted by atomic mass is 10.1. The lowest BCUT2D eigenvalue weighted by Crippen LogP contribution is -2.22. The molecule has 98 valence electrons. The third-order valence-electron chi connectivity index (χ3n) is 3.23. The molecule has 1 heterocycles. The van der Waals surface area contributed by atoms with Crippen molar-refractivity contribution in [3.8, 4) is 0 Å². The topological polar surface area (TPSA) is 38.0 Å². The van der Waals surface area contributed by atoms with Crippen molar-refractivity contribution in [1.29, 1.82) is 0 Å². The largest absolute Gasteiger partial charge is 0.389 e. The van der Waals surface area contributed by atoms with Crippen molar-refractivity contribution < 1.29 is 0 Å². The van der Waals surface area contributed by atoms with Gasteiger partial charge in [-0.15, -0.1) is 0 Å². The predicted molar refractivity (Wildman–Crippen MR) is 85.7 cm³/mol. The number of aryl methyl sites for hydroxylation is 1. The Bertz CT molecular complexity index is 426. The Morgan fingerprint density at radius 1 is 1.50 bits per heavy atom. The van der Waals surface area contributed by atoms with Gasteiger partial charge in [-0.2, -0.15) is 11.8 Å². The van der Waals surface area contributed by atoms with E-state index in [0.717, 1.165) is 23.0 Å². The number of benzene rings is 1. The molecule has 0 radical (unpaired) electrons. The van der Waals surface area contributed by atoms with Crippen molar-refractivity contribution in [2.24, 2.45) is 5.73 Å². The van der Waals surface area contributed by atoms with Crippen molar-refractivity contribution in [3.05, 3.63) is 29.3 Å². The van der Waals surface area contributed by atoms with E-state index in [1.165, 1.54) is 30.6 Å². The van der Waals surface area contributed by atoms with Crippen molar-refractivity contribution in [1.82, 2.24) is 0 Å². The van der Waals surface area contributed by atoms with Crippen LogP contribution in [0.1, 0.15) is 30.4 Å². The molecule has 0 saturated carbocycles. The van der Waals surface area contributed by atoms with Crippen LogP contribution in [0.15, 0.2) is 18.2 Å². The number of nitrogens with two attached hydrogens (primary N) is 1. The molecule has 2 nitrogen and oxygen atoms in total. The number of anilines is 1. The Morgan fingerprint density at radius 3 is 3.00 bits per heavy atom. The number of hydrogen-bond acceptors (Lipinski definition) is 3. The standard InChI is InChI=1S/C14H20N2S2/c1-10-5-6-13(12(8-10)14(15)17)16-9-11-4-2-3-7-18-11/h5-6,8,11,16H,2-4,7,9H2,1H3,(H2,15,17). The lowest BCUT2D eigenvalue weighted by molar-refractivity contribution is 0.677. The SMILES string of the molecule is Cc1ccc(NCC2CCCCS2)c(C(N)=S)c1. The van der Waals surface area contributed by atoms with E-state index in [9.17, 15) is 0 Å². The highest BCUT2D eigenvalue weighted by Crippen LogP contribution is 2.26. The van der Waals surface area contributed by atoms with Gasteiger partial charge in [0.05, 0.1) is 0 Å². The highest BCUT2D eigenvalue weighted by Gasteiger charge is 2.14. The van der Waals surface area contributed by atoms with Crippen LogP contribution < -0.4 is 11.1 Å². The Hall–Kier alpha value is -0.740. The summed E-state index contributed by atoms with van der Waals surface area (Å²) in [7, 11) is 0. The third kappa shape index (κ3) is 3.62. The first-order chi connectivity index (χ1) is 8.66. The van der Waals surface area contributed by atoms with Gasteiger partial charge in [-0.3, -0.25) is 0 Å². The maximum absolute atomic E-state index is 5.78. The van der Waals surface area contributed by atoms with Gasteiger partial charge in [-0.1, -0.05) is 30.3 Å². The van der Waals surface area contributed by atoms with Crippen LogP contribution in [0, 0.1) is 6.92 Å². The second-order valence-corrected chi connectivity index (χ2v) is 6.63. The fraction of sp³-hybridized carbons (Fsp3) is 0.500. The van der Waals surface area contributed by atoms with Crippen LogP contribution in [0.2, 0.25) is 0 Å². The summed E-state index contributed by atoms with van der Waals surface area (Å²) in [6.07, 6.45) is 4.03. The fourth-order valence-electron chi connectivity index (χ4n) is 2.21. The lowest BCUT2D eigenvalue weighted by Gasteiger charge is -2.22. The predicted octanol–water partition coefficient (Wildman–Crippen LogP) is 3.33. The van der Waals surface area contributed by atoms with Crippen molar-refractivity contribution in [3.63, 3.8) is 0 Å². The maximum atomic E-state index is 5.78. The Morgan fingerprint density at radius 2 is 2.33 bits per heavy atom. The second-order valence-electron chi connectivity index (χ2n) is 4.78. The van der Waals surface area contributed by atoms with Crippen LogP contribution in [0.3, 0.4) is 0 Å². The zero-order valence-corrected chi connectivity index (χ0v) is 12.4. The molecule has 0 aliphatic carbocycles. The summed E-state index contributed by atoms with van der Waals surface area (Å²) in [5, 5.41) is 4.22. The number of rotatable bonds is 4. The van der Waals surface area contributed by atoms with E-state index < -0.39 is 0 Å². The number of thiocarbonyl (C=S) groups is 1. The van der Waals surface area contributed by atoms with Gasteiger partial charge in [0.25, 0.3) is 0 Å². The molecule has 3 N–H and O–H groups in total. The van der Waals surface area contributed by atoms with Gasteiger partial charge < -0.3 is 11.1 Å². The van der Waals surface area contributed by atoms with Crippen molar-refractivity contribution in [2.45, 2.75) is 31.4 Å². The molecule has 0 aromatic heterocycles. The molecule has 1 aromatic rings. The average Bonchev–Trinajstić information content (AvgIpc) is 2.38. The molecule has 4 heteroatoms. The van der Waals surface area contributed by atoms with Gasteiger partial charge in [-0.25, -0.2) is 0 Å². The van der Waals surface area contributed by atoms with Crippen LogP contribution in [-0.4, -0.2) is 22.5 Å². The molecule has 1 saturated heterocycles. The monoisotopic (exact) mass is 280 g/mol. The van der Waals surface area contributed by atoms with E-state index in [4.69, 9.17) is 18.0 Å². The molecule has 1 fully saturated rings. The van der Waals surface area contributed by atoms with Crippen molar-refractivity contribution in [2.75, 3.05) is 17.6 Å². The Labute approximate surface area is 119 Å². The number of hydrogen-bond donors (Lipinski definition) is 2. The average molecular weight is 280 g/mol. The van der Waals surface area contributed by atoms with Gasteiger partial charge in [0.15, 0.2) is 0 Å². The molecule has 2 rings (SSSR count). The van der Waals surface area contributed by atoms with E-state index in [1.54, 1.807) is 0 Å². The minimum atomic E-state index is 0.470. The molecule has 1 unspecified atom stereocenters. The van der Waals surface area contributed by atoms with E-state index in [2.05, 4.69) is 42.2 Å². The van der Waals surface area contributed by atoms with Gasteiger partial charge in [0.2, 0.25) is 0 Å². The number of nitrogens with one attached hydrogen (secondary N) is 1. The molecular weight excluding hydrogens is 260 g/mol. The smallest absolute Gasteiger partial charge is 0.106 e. The summed E-state index contributed by atoms with van der Waals surface area (Å²) in [4.78, 5) is 0.470. The van der Waals surface area contributed by atoms with Crippen LogP contribution in [0.4, 0.5) is 5.69 Å². The highest BCUT2D eigenvalue weighted by atomic mass is 32.2. The summed E-state index contributed by atoms with van der Waals surface area (Å²) in [5.41, 5.74) is 9.00. The molecule has 0 spiro atoms. The molecule has 1 aliphatic rings. The van der Waals surface area contributed by atoms with Gasteiger partial charge in [-0.05, 0) is 37.7 Å². The molecule has 1 atom stereocenters. The first-order valence-electron chi connectivity index (χ1n) is 6.43. The molecule has 18 heavy (non-hydrogen) atoms. The first kappa shape index (κ1) is 13.7. The van der Waals surface area contributed by atoms with E-state index >= 15 is 0 Å². The summed E-state index contributed by atoms with van der Waals surface area (Å²) >= 11 is 7.19. The highest BCUT2D eigenvalue weighted by molar-refractivity contribution is 7.99. The summed E-state index contributed by atoms with van der Waals surface area (Å²) < 4.78 is 0. The van der Waals surface area contributed by atoms with Gasteiger partial charge >= 0.3 is 0 Å². The molecule has 1 aliphatic heterocycles. The van der Waals surface area contributed by atoms with Crippen LogP contribution in [0.5, 0.6) is 0 Å². The Balaban J connectivity index is 2.01. The zero-order valence-electron chi connectivity index (χ0n) is 10.7. The fourth-order valence-corrected chi connectivity index (χ4v) is 3.62. The summed E-state index contributed by atoms with van der Waals surface area (Å²) in [6, 6.07) is 6.23. The third-order valence-corrected chi connectivity index (χ3v) is 4.85. The van der Waals surface area contributed by atoms with Gasteiger partial charge in [0.1, 0.15) is 4.99 Å². The van der Waals surface area contributed by atoms with E-state index in [0.29, 0.717) is 4.99 Å². The minimum absolute atomic E-state index is 0.470. The molecule has 0 amide bonds. The molecular formula is C14H20N2S2. The van der Waals surface area contributed by atoms with Crippen LogP contribution >= 0.6 is 24.0 Å². The van der Waals surface area contributed by atoms with Crippen LogP contribution in [0.25, 0.3) is 0 Å². The minimum Gasteiger partial charge on any atom is -0.389 e. The van der Waals surface area contributed by atoms with E-state index in [-0.39, 0.29) is 0 Å². The maximum Gasteiger partial charge on any atom is 0.106 e. The molecule has 1 aromatic carbocycles. The zero-order chi connectivity index (χ0) is 13.0. The Kier molecular flexibility index (Phi) is 4.89. The normalized spacial score (nSPS) is 19.5.